The third-order valence-corrected chi connectivity index (χ3v) is 3.37. The topological polar surface area (TPSA) is 92.4 Å². The lowest BCUT2D eigenvalue weighted by atomic mass is 10.0. The Morgan fingerprint density at radius 3 is 2.52 bits per heavy atom. The van der Waals surface area contributed by atoms with Gasteiger partial charge in [0.25, 0.3) is 0 Å². The zero-order valence-corrected chi connectivity index (χ0v) is 13.0. The van der Waals surface area contributed by atoms with Gasteiger partial charge in [0.2, 0.25) is 5.91 Å². The van der Waals surface area contributed by atoms with Crippen molar-refractivity contribution in [1.29, 1.82) is 0 Å². The van der Waals surface area contributed by atoms with Crippen molar-refractivity contribution in [2.24, 2.45) is 11.7 Å². The molecule has 1 aromatic carbocycles. The number of nitrogens with two attached hydrogens (primary N) is 1. The van der Waals surface area contributed by atoms with Gasteiger partial charge in [0.05, 0.1) is 5.56 Å². The predicted molar refractivity (Wildman–Crippen MR) is 83.7 cm³/mol. The van der Waals surface area contributed by atoms with E-state index in [-0.39, 0.29) is 28.5 Å². The summed E-state index contributed by atoms with van der Waals surface area (Å²) < 4.78 is 0. The van der Waals surface area contributed by atoms with Crippen molar-refractivity contribution in [3.8, 4) is 0 Å². The molecular weight excluding hydrogens is 292 g/mol. The van der Waals surface area contributed by atoms with Crippen LogP contribution >= 0.6 is 11.6 Å². The number of rotatable bonds is 7. The quantitative estimate of drug-likeness (QED) is 0.721. The Kier molecular flexibility index (Phi) is 6.65. The second kappa shape index (κ2) is 8.00. The van der Waals surface area contributed by atoms with Crippen LogP contribution in [0.15, 0.2) is 18.2 Å². The number of anilines is 1. The number of hydrogen-bond acceptors (Lipinski definition) is 3. The molecule has 0 saturated carbocycles. The number of amides is 1. The number of nitrogens with one attached hydrogen (secondary N) is 1. The Morgan fingerprint density at radius 1 is 1.29 bits per heavy atom. The summed E-state index contributed by atoms with van der Waals surface area (Å²) in [5.74, 6) is -1.41. The first-order chi connectivity index (χ1) is 9.79. The SMILES string of the molecule is CC(N)CCCC(C)C(=O)Nc1cc(Cl)cc(C(=O)O)c1. The maximum Gasteiger partial charge on any atom is 0.335 e. The van der Waals surface area contributed by atoms with Gasteiger partial charge in [0, 0.05) is 22.7 Å². The number of benzene rings is 1. The summed E-state index contributed by atoms with van der Waals surface area (Å²) in [4.78, 5) is 23.0. The largest absolute Gasteiger partial charge is 0.478 e. The lowest BCUT2D eigenvalue weighted by molar-refractivity contribution is -0.119. The number of carboxylic acids is 1. The summed E-state index contributed by atoms with van der Waals surface area (Å²) in [5, 5.41) is 11.9. The first-order valence-electron chi connectivity index (χ1n) is 6.90. The van der Waals surface area contributed by atoms with Crippen molar-refractivity contribution in [2.45, 2.75) is 39.2 Å². The molecule has 116 valence electrons. The van der Waals surface area contributed by atoms with Crippen molar-refractivity contribution >= 4 is 29.2 Å². The van der Waals surface area contributed by atoms with Gasteiger partial charge in [-0.25, -0.2) is 4.79 Å². The van der Waals surface area contributed by atoms with E-state index in [0.717, 1.165) is 19.3 Å². The average Bonchev–Trinajstić information content (AvgIpc) is 2.37. The van der Waals surface area contributed by atoms with Gasteiger partial charge in [-0.1, -0.05) is 24.9 Å². The Bertz CT molecular complexity index is 518. The van der Waals surface area contributed by atoms with E-state index in [1.165, 1.54) is 18.2 Å². The van der Waals surface area contributed by atoms with E-state index in [4.69, 9.17) is 22.4 Å². The van der Waals surface area contributed by atoms with E-state index in [1.54, 1.807) is 0 Å². The molecule has 4 N–H and O–H groups in total. The van der Waals surface area contributed by atoms with E-state index in [0.29, 0.717) is 5.69 Å². The molecule has 2 unspecified atom stereocenters. The Hall–Kier alpha value is -1.59. The number of hydrogen-bond donors (Lipinski definition) is 3. The van der Waals surface area contributed by atoms with Gasteiger partial charge < -0.3 is 16.2 Å². The second-order valence-electron chi connectivity index (χ2n) is 5.33. The number of carboxylic acid groups (broad SMARTS) is 1. The standard InChI is InChI=1S/C15H21ClN2O3/c1-9(4-3-5-10(2)17)14(19)18-13-7-11(15(20)21)6-12(16)8-13/h6-10H,3-5,17H2,1-2H3,(H,18,19)(H,20,21). The van der Waals surface area contributed by atoms with Crippen molar-refractivity contribution in [3.05, 3.63) is 28.8 Å². The van der Waals surface area contributed by atoms with Crippen molar-refractivity contribution < 1.29 is 14.7 Å². The molecule has 0 radical (unpaired) electrons. The molecule has 0 saturated heterocycles. The van der Waals surface area contributed by atoms with Gasteiger partial charge >= 0.3 is 5.97 Å². The first-order valence-corrected chi connectivity index (χ1v) is 7.27. The fourth-order valence-corrected chi connectivity index (χ4v) is 2.16. The summed E-state index contributed by atoms with van der Waals surface area (Å²) in [6.07, 6.45) is 2.49. The normalized spacial score (nSPS) is 13.5. The maximum absolute atomic E-state index is 12.0. The Balaban J connectivity index is 2.63. The van der Waals surface area contributed by atoms with Gasteiger partial charge in [-0.2, -0.15) is 0 Å². The van der Waals surface area contributed by atoms with Crippen LogP contribution in [0.4, 0.5) is 5.69 Å². The number of carbonyl (C=O) groups is 2. The van der Waals surface area contributed by atoms with Crippen LogP contribution in [0.3, 0.4) is 0 Å². The van der Waals surface area contributed by atoms with Crippen LogP contribution < -0.4 is 11.1 Å². The van der Waals surface area contributed by atoms with Crippen molar-refractivity contribution in [3.63, 3.8) is 0 Å². The van der Waals surface area contributed by atoms with E-state index < -0.39 is 5.97 Å². The second-order valence-corrected chi connectivity index (χ2v) is 5.77. The molecule has 1 aromatic rings. The number of carbonyl (C=O) groups excluding carboxylic acids is 1. The van der Waals surface area contributed by atoms with Crippen LogP contribution in [-0.2, 0) is 4.79 Å². The van der Waals surface area contributed by atoms with Crippen molar-refractivity contribution in [2.75, 3.05) is 5.32 Å². The lowest BCUT2D eigenvalue weighted by Crippen LogP contribution is -2.21. The molecule has 0 spiro atoms. The third kappa shape index (κ3) is 6.14. The van der Waals surface area contributed by atoms with Crippen LogP contribution in [0.25, 0.3) is 0 Å². The molecule has 6 heteroatoms. The Morgan fingerprint density at radius 2 is 1.95 bits per heavy atom. The number of halogens is 1. The van der Waals surface area contributed by atoms with Crippen LogP contribution in [0.1, 0.15) is 43.5 Å². The monoisotopic (exact) mass is 312 g/mol. The summed E-state index contributed by atoms with van der Waals surface area (Å²) in [6, 6.07) is 4.39. The van der Waals surface area contributed by atoms with Crippen LogP contribution in [0, 0.1) is 5.92 Å². The molecule has 0 bridgehead atoms. The molecule has 0 heterocycles. The van der Waals surface area contributed by atoms with E-state index in [9.17, 15) is 9.59 Å². The number of aromatic carboxylic acids is 1. The molecule has 0 aliphatic carbocycles. The van der Waals surface area contributed by atoms with Gasteiger partial charge in [0.15, 0.2) is 0 Å². The molecule has 0 fully saturated rings. The molecule has 0 aromatic heterocycles. The van der Waals surface area contributed by atoms with Crippen LogP contribution in [0.5, 0.6) is 0 Å². The zero-order chi connectivity index (χ0) is 16.0. The molecule has 5 nitrogen and oxygen atoms in total. The minimum Gasteiger partial charge on any atom is -0.478 e. The zero-order valence-electron chi connectivity index (χ0n) is 12.2. The Labute approximate surface area is 129 Å². The highest BCUT2D eigenvalue weighted by atomic mass is 35.5. The van der Waals surface area contributed by atoms with E-state index in [1.807, 2.05) is 13.8 Å². The predicted octanol–water partition coefficient (Wildman–Crippen LogP) is 3.13. The van der Waals surface area contributed by atoms with E-state index in [2.05, 4.69) is 5.32 Å². The molecule has 1 rings (SSSR count). The summed E-state index contributed by atoms with van der Waals surface area (Å²) >= 11 is 5.85. The first kappa shape index (κ1) is 17.5. The highest BCUT2D eigenvalue weighted by Crippen LogP contribution is 2.20. The average molecular weight is 313 g/mol. The molecule has 0 aliphatic rings. The summed E-state index contributed by atoms with van der Waals surface area (Å²) in [6.45, 7) is 3.77. The lowest BCUT2D eigenvalue weighted by Gasteiger charge is -2.13. The molecule has 1 amide bonds. The smallest absolute Gasteiger partial charge is 0.335 e. The molecule has 0 aliphatic heterocycles. The summed E-state index contributed by atoms with van der Waals surface area (Å²) in [7, 11) is 0. The van der Waals surface area contributed by atoms with Gasteiger partial charge in [-0.05, 0) is 38.0 Å². The minimum atomic E-state index is -1.09. The fraction of sp³-hybridized carbons (Fsp3) is 0.467. The van der Waals surface area contributed by atoms with Gasteiger partial charge in [0.1, 0.15) is 0 Å². The fourth-order valence-electron chi connectivity index (χ4n) is 1.93. The maximum atomic E-state index is 12.0. The highest BCUT2D eigenvalue weighted by molar-refractivity contribution is 6.31. The molecule has 2 atom stereocenters. The van der Waals surface area contributed by atoms with Gasteiger partial charge in [-0.15, -0.1) is 0 Å². The minimum absolute atomic E-state index is 0.0439. The highest BCUT2D eigenvalue weighted by Gasteiger charge is 2.14. The van der Waals surface area contributed by atoms with Gasteiger partial charge in [-0.3, -0.25) is 4.79 Å². The van der Waals surface area contributed by atoms with Crippen LogP contribution in [-0.4, -0.2) is 23.0 Å². The van der Waals surface area contributed by atoms with Crippen LogP contribution in [0.2, 0.25) is 5.02 Å². The molecule has 21 heavy (non-hydrogen) atoms. The third-order valence-electron chi connectivity index (χ3n) is 3.16. The van der Waals surface area contributed by atoms with E-state index >= 15 is 0 Å². The molecular formula is C15H21ClN2O3. The van der Waals surface area contributed by atoms with Crippen molar-refractivity contribution in [1.82, 2.24) is 0 Å². The summed E-state index contributed by atoms with van der Waals surface area (Å²) in [5.41, 5.74) is 6.11.